The Morgan fingerprint density at radius 2 is 1.72 bits per heavy atom. The predicted octanol–water partition coefficient (Wildman–Crippen LogP) is 4.22. The molecule has 6 heteroatoms. The monoisotopic (exact) mass is 336 g/mol. The first-order chi connectivity index (χ1) is 12.0. The van der Waals surface area contributed by atoms with Gasteiger partial charge in [-0.1, -0.05) is 12.1 Å². The van der Waals surface area contributed by atoms with E-state index in [1.54, 1.807) is 7.11 Å². The Bertz CT molecular complexity index is 876. The number of hydrogen-bond acceptors (Lipinski definition) is 6. The Hall–Kier alpha value is -3.28. The second-order valence-electron chi connectivity index (χ2n) is 5.72. The summed E-state index contributed by atoms with van der Waals surface area (Å²) in [6.07, 6.45) is 1.41. The molecule has 0 saturated heterocycles. The van der Waals surface area contributed by atoms with Crippen molar-refractivity contribution in [2.45, 2.75) is 13.8 Å². The lowest BCUT2D eigenvalue weighted by Gasteiger charge is -2.13. The highest BCUT2D eigenvalue weighted by Crippen LogP contribution is 2.32. The SMILES string of the molecule is COc1cccc(Nc2ncnc(Oc3cc(C)cc(C)c3)c2N)c1. The molecule has 0 atom stereocenters. The number of nitrogens with two attached hydrogens (primary N) is 1. The molecule has 3 aromatic rings. The van der Waals surface area contributed by atoms with Crippen LogP contribution in [0.3, 0.4) is 0 Å². The molecule has 2 aromatic carbocycles. The molecule has 0 saturated carbocycles. The van der Waals surface area contributed by atoms with Crippen molar-refractivity contribution in [2.75, 3.05) is 18.2 Å². The lowest BCUT2D eigenvalue weighted by atomic mass is 10.1. The Labute approximate surface area is 146 Å². The van der Waals surface area contributed by atoms with Crippen LogP contribution in [0.2, 0.25) is 0 Å². The van der Waals surface area contributed by atoms with Gasteiger partial charge in [-0.05, 0) is 49.2 Å². The number of benzene rings is 2. The number of methoxy groups -OCH3 is 1. The van der Waals surface area contributed by atoms with E-state index in [0.717, 1.165) is 22.6 Å². The summed E-state index contributed by atoms with van der Waals surface area (Å²) in [4.78, 5) is 8.34. The summed E-state index contributed by atoms with van der Waals surface area (Å²) in [5.41, 5.74) is 9.54. The van der Waals surface area contributed by atoms with E-state index in [-0.39, 0.29) is 0 Å². The molecular weight excluding hydrogens is 316 g/mol. The summed E-state index contributed by atoms with van der Waals surface area (Å²) in [5.74, 6) is 2.22. The number of hydrogen-bond donors (Lipinski definition) is 2. The summed E-state index contributed by atoms with van der Waals surface area (Å²) >= 11 is 0. The molecule has 0 aliphatic carbocycles. The zero-order chi connectivity index (χ0) is 17.8. The fraction of sp³-hybridized carbons (Fsp3) is 0.158. The highest BCUT2D eigenvalue weighted by Gasteiger charge is 2.11. The fourth-order valence-electron chi connectivity index (χ4n) is 2.50. The van der Waals surface area contributed by atoms with Crippen LogP contribution in [0.15, 0.2) is 48.8 Å². The highest BCUT2D eigenvalue weighted by atomic mass is 16.5. The summed E-state index contributed by atoms with van der Waals surface area (Å²) in [5, 5.41) is 3.16. The Morgan fingerprint density at radius 1 is 0.960 bits per heavy atom. The minimum absolute atomic E-state index is 0.311. The van der Waals surface area contributed by atoms with Crippen molar-refractivity contribution >= 4 is 17.2 Å². The van der Waals surface area contributed by atoms with Crippen LogP contribution in [0.1, 0.15) is 11.1 Å². The molecule has 0 aliphatic rings. The third-order valence-electron chi connectivity index (χ3n) is 3.59. The molecule has 1 heterocycles. The summed E-state index contributed by atoms with van der Waals surface area (Å²) in [6, 6.07) is 13.4. The Morgan fingerprint density at radius 3 is 2.44 bits per heavy atom. The largest absolute Gasteiger partial charge is 0.497 e. The van der Waals surface area contributed by atoms with Crippen molar-refractivity contribution < 1.29 is 9.47 Å². The molecular formula is C19H20N4O2. The molecule has 0 aliphatic heterocycles. The highest BCUT2D eigenvalue weighted by molar-refractivity contribution is 5.72. The molecule has 1 aromatic heterocycles. The number of anilines is 3. The molecule has 3 N–H and O–H groups in total. The summed E-state index contributed by atoms with van der Waals surface area (Å²) in [6.45, 7) is 4.03. The lowest BCUT2D eigenvalue weighted by Crippen LogP contribution is -2.03. The van der Waals surface area contributed by atoms with Gasteiger partial charge in [-0.25, -0.2) is 4.98 Å². The second kappa shape index (κ2) is 7.09. The van der Waals surface area contributed by atoms with E-state index >= 15 is 0 Å². The van der Waals surface area contributed by atoms with Gasteiger partial charge in [0.05, 0.1) is 7.11 Å². The van der Waals surface area contributed by atoms with Gasteiger partial charge >= 0.3 is 0 Å². The minimum atomic E-state index is 0.311. The molecule has 0 unspecified atom stereocenters. The molecule has 0 amide bonds. The van der Waals surface area contributed by atoms with Crippen LogP contribution in [0.5, 0.6) is 17.4 Å². The van der Waals surface area contributed by atoms with Crippen LogP contribution in [-0.4, -0.2) is 17.1 Å². The fourth-order valence-corrected chi connectivity index (χ4v) is 2.50. The van der Waals surface area contributed by atoms with E-state index < -0.39 is 0 Å². The standard InChI is InChI=1S/C19H20N4O2/c1-12-7-13(2)9-16(8-12)25-19-17(20)18(21-11-22-19)23-14-5-4-6-15(10-14)24-3/h4-11H,20H2,1-3H3,(H,21,22,23). The molecule has 128 valence electrons. The van der Waals surface area contributed by atoms with E-state index in [1.165, 1.54) is 6.33 Å². The van der Waals surface area contributed by atoms with E-state index in [2.05, 4.69) is 21.4 Å². The maximum atomic E-state index is 6.18. The van der Waals surface area contributed by atoms with Gasteiger partial charge in [0.15, 0.2) is 5.82 Å². The second-order valence-corrected chi connectivity index (χ2v) is 5.72. The predicted molar refractivity (Wildman–Crippen MR) is 98.7 cm³/mol. The molecule has 6 nitrogen and oxygen atoms in total. The Kier molecular flexibility index (Phi) is 4.70. The van der Waals surface area contributed by atoms with Gasteiger partial charge in [0, 0.05) is 11.8 Å². The van der Waals surface area contributed by atoms with Gasteiger partial charge in [-0.3, -0.25) is 0 Å². The smallest absolute Gasteiger partial charge is 0.248 e. The van der Waals surface area contributed by atoms with E-state index in [0.29, 0.717) is 23.1 Å². The number of rotatable bonds is 5. The number of ether oxygens (including phenoxy) is 2. The van der Waals surface area contributed by atoms with E-state index in [9.17, 15) is 0 Å². The van der Waals surface area contributed by atoms with Crippen LogP contribution in [0.25, 0.3) is 0 Å². The molecule has 0 bridgehead atoms. The third kappa shape index (κ3) is 3.98. The molecule has 0 spiro atoms. The van der Waals surface area contributed by atoms with Gasteiger partial charge in [0.25, 0.3) is 0 Å². The van der Waals surface area contributed by atoms with Crippen molar-refractivity contribution in [1.82, 2.24) is 9.97 Å². The average molecular weight is 336 g/mol. The van der Waals surface area contributed by atoms with Crippen LogP contribution >= 0.6 is 0 Å². The topological polar surface area (TPSA) is 82.3 Å². The molecule has 25 heavy (non-hydrogen) atoms. The maximum absolute atomic E-state index is 6.18. The van der Waals surface area contributed by atoms with Gasteiger partial charge in [-0.2, -0.15) is 4.98 Å². The van der Waals surface area contributed by atoms with Crippen molar-refractivity contribution in [1.29, 1.82) is 0 Å². The lowest BCUT2D eigenvalue weighted by molar-refractivity contribution is 0.415. The number of nitrogens with zero attached hydrogens (tertiary/aromatic N) is 2. The van der Waals surface area contributed by atoms with Gasteiger partial charge in [-0.15, -0.1) is 0 Å². The van der Waals surface area contributed by atoms with Crippen molar-refractivity contribution in [3.8, 4) is 17.4 Å². The number of nitrogen functional groups attached to an aromatic ring is 1. The minimum Gasteiger partial charge on any atom is -0.497 e. The normalized spacial score (nSPS) is 10.4. The zero-order valence-corrected chi connectivity index (χ0v) is 14.4. The van der Waals surface area contributed by atoms with E-state index in [4.69, 9.17) is 15.2 Å². The summed E-state index contributed by atoms with van der Waals surface area (Å²) < 4.78 is 11.1. The van der Waals surface area contributed by atoms with Crippen LogP contribution in [0.4, 0.5) is 17.2 Å². The van der Waals surface area contributed by atoms with Crippen LogP contribution in [0, 0.1) is 13.8 Å². The maximum Gasteiger partial charge on any atom is 0.248 e. The van der Waals surface area contributed by atoms with Crippen LogP contribution < -0.4 is 20.5 Å². The van der Waals surface area contributed by atoms with Gasteiger partial charge < -0.3 is 20.5 Å². The first kappa shape index (κ1) is 16.6. The van der Waals surface area contributed by atoms with Crippen LogP contribution in [-0.2, 0) is 0 Å². The number of nitrogens with one attached hydrogen (secondary N) is 1. The summed E-state index contributed by atoms with van der Waals surface area (Å²) in [7, 11) is 1.62. The number of aromatic nitrogens is 2. The zero-order valence-electron chi connectivity index (χ0n) is 14.4. The molecule has 0 radical (unpaired) electrons. The molecule has 3 rings (SSSR count). The van der Waals surface area contributed by atoms with Gasteiger partial charge in [0.2, 0.25) is 5.88 Å². The first-order valence-electron chi connectivity index (χ1n) is 7.83. The first-order valence-corrected chi connectivity index (χ1v) is 7.83. The van der Waals surface area contributed by atoms with Crippen molar-refractivity contribution in [3.63, 3.8) is 0 Å². The Balaban J connectivity index is 1.86. The quantitative estimate of drug-likeness (QED) is 0.726. The van der Waals surface area contributed by atoms with Crippen molar-refractivity contribution in [2.24, 2.45) is 0 Å². The van der Waals surface area contributed by atoms with Crippen molar-refractivity contribution in [3.05, 3.63) is 59.9 Å². The van der Waals surface area contributed by atoms with E-state index in [1.807, 2.05) is 50.2 Å². The molecule has 0 fully saturated rings. The average Bonchev–Trinajstić information content (AvgIpc) is 2.58. The van der Waals surface area contributed by atoms with Gasteiger partial charge in [0.1, 0.15) is 23.5 Å². The third-order valence-corrected chi connectivity index (χ3v) is 3.59. The number of aryl methyl sites for hydroxylation is 2.